The van der Waals surface area contributed by atoms with Crippen LogP contribution in [0.15, 0.2) is 98.4 Å². The summed E-state index contributed by atoms with van der Waals surface area (Å²) in [7, 11) is 0. The van der Waals surface area contributed by atoms with E-state index in [0.29, 0.717) is 40.1 Å². The van der Waals surface area contributed by atoms with E-state index in [1.165, 1.54) is 0 Å². The summed E-state index contributed by atoms with van der Waals surface area (Å²) in [5.74, 6) is -2.23. The van der Waals surface area contributed by atoms with Crippen LogP contribution in [0.1, 0.15) is 113 Å². The van der Waals surface area contributed by atoms with Crippen molar-refractivity contribution in [1.82, 2.24) is 34.9 Å². The first kappa shape index (κ1) is 44.1. The van der Waals surface area contributed by atoms with E-state index in [1.54, 1.807) is 55.4 Å². The maximum absolute atomic E-state index is 14.6. The van der Waals surface area contributed by atoms with Crippen molar-refractivity contribution < 1.29 is 28.6 Å². The summed E-state index contributed by atoms with van der Waals surface area (Å²) in [6.07, 6.45) is 12.6. The molecule has 8 bridgehead atoms. The Kier molecular flexibility index (Phi) is 13.2. The lowest BCUT2D eigenvalue weighted by molar-refractivity contribution is -0.145. The molecule has 8 rings (SSSR count). The van der Waals surface area contributed by atoms with Gasteiger partial charge < -0.3 is 24.2 Å². The van der Waals surface area contributed by atoms with Crippen LogP contribution >= 0.6 is 0 Å². The Morgan fingerprint density at radius 3 is 1.92 bits per heavy atom. The van der Waals surface area contributed by atoms with E-state index in [1.807, 2.05) is 50.3 Å². The third-order valence-corrected chi connectivity index (χ3v) is 12.3. The van der Waals surface area contributed by atoms with E-state index in [4.69, 9.17) is 24.2 Å². The second-order valence-corrected chi connectivity index (χ2v) is 16.4. The summed E-state index contributed by atoms with van der Waals surface area (Å²) in [6, 6.07) is 16.9. The van der Waals surface area contributed by atoms with Crippen LogP contribution in [0, 0.1) is 13.8 Å². The number of ether oxygens (including phenoxy) is 3. The van der Waals surface area contributed by atoms with Crippen molar-refractivity contribution in [2.45, 2.75) is 92.0 Å². The third-order valence-electron chi connectivity index (χ3n) is 12.3. The highest BCUT2D eigenvalue weighted by atomic mass is 16.5. The first-order valence-electron chi connectivity index (χ1n) is 21.8. The summed E-state index contributed by atoms with van der Waals surface area (Å²) < 4.78 is 17.6. The molecule has 65 heavy (non-hydrogen) atoms. The van der Waals surface area contributed by atoms with Gasteiger partial charge in [-0.25, -0.2) is 9.78 Å². The van der Waals surface area contributed by atoms with Crippen LogP contribution in [0.4, 0.5) is 0 Å². The van der Waals surface area contributed by atoms with Crippen LogP contribution in [0.25, 0.3) is 39.3 Å². The lowest BCUT2D eigenvalue weighted by Crippen LogP contribution is -2.16. The first-order valence-corrected chi connectivity index (χ1v) is 21.8. The van der Waals surface area contributed by atoms with Crippen molar-refractivity contribution in [3.8, 4) is 0 Å². The molecule has 0 radical (unpaired) electrons. The van der Waals surface area contributed by atoms with Gasteiger partial charge in [-0.05, 0) is 92.3 Å². The molecule has 0 fully saturated rings. The minimum Gasteiger partial charge on any atom is -0.461 e. The number of carbonyl (C=O) groups excluding carboxylic acids is 3. The SMILES string of the molecule is C=Cc1c(C)c2cc3nc(c(CC(=O)OCc4cccnc4)c4nc(cc5[nH]c(cc1[nH]2)c(C)c5CC)C(C)=C4C(=O)OCc1cccnc1)[C@@H](CCC(=O)OCc1cccnc1)[C@@H]3C. The number of aryl methyl sites for hydroxylation is 3. The number of pyridine rings is 3. The quantitative estimate of drug-likeness (QED) is 0.0788. The second-order valence-electron chi connectivity index (χ2n) is 16.4. The molecule has 2 aliphatic heterocycles. The van der Waals surface area contributed by atoms with Gasteiger partial charge in [0.1, 0.15) is 19.8 Å². The van der Waals surface area contributed by atoms with Crippen molar-refractivity contribution in [3.05, 3.63) is 166 Å². The van der Waals surface area contributed by atoms with Crippen LogP contribution in [0.5, 0.6) is 0 Å². The number of esters is 3. The lowest BCUT2D eigenvalue weighted by Gasteiger charge is -2.19. The van der Waals surface area contributed by atoms with E-state index in [-0.39, 0.29) is 49.8 Å². The average molecular weight is 870 g/mol. The molecule has 13 heteroatoms. The number of H-pyrrole nitrogens is 2. The van der Waals surface area contributed by atoms with Gasteiger partial charge in [0, 0.05) is 111 Å². The molecule has 13 nitrogen and oxygen atoms in total. The standard InChI is InChI=1S/C52H51N7O6/c1-7-37-30(3)41-21-43-32(5)39(15-16-47(60)63-27-34-12-9-17-53-24-34)50(58-43)40(20-48(61)64-28-35-13-10-18-54-25-35)51-49(52(62)65-29-36-14-11-19-55-26-36)33(6)44(59-51)23-46-38(8-2)31(4)42(57-46)22-45(37)56-41/h7,9-14,17-19,21-26,32,39,56-57H,1,8,15-16,20,27-29H2,2-6H3/t32-,39-/m0/s1. The fraction of sp³-hybridized carbons (Fsp3) is 0.269. The molecular weight excluding hydrogens is 819 g/mol. The Morgan fingerprint density at radius 2 is 1.32 bits per heavy atom. The maximum atomic E-state index is 14.6. The Balaban J connectivity index is 1.36. The molecule has 330 valence electrons. The molecule has 8 heterocycles. The molecule has 6 aromatic rings. The van der Waals surface area contributed by atoms with Gasteiger partial charge in [-0.2, -0.15) is 0 Å². The van der Waals surface area contributed by atoms with Crippen LogP contribution in [0.2, 0.25) is 0 Å². The zero-order valence-corrected chi connectivity index (χ0v) is 37.2. The van der Waals surface area contributed by atoms with Gasteiger partial charge >= 0.3 is 17.9 Å². The Morgan fingerprint density at radius 1 is 0.723 bits per heavy atom. The predicted octanol–water partition coefficient (Wildman–Crippen LogP) is 9.69. The Labute approximate surface area is 377 Å². The number of aromatic nitrogens is 7. The zero-order chi connectivity index (χ0) is 45.6. The number of fused-ring (bicyclic) bond motifs is 8. The largest absolute Gasteiger partial charge is 0.461 e. The maximum Gasteiger partial charge on any atom is 0.341 e. The highest BCUT2D eigenvalue weighted by Gasteiger charge is 2.36. The summed E-state index contributed by atoms with van der Waals surface area (Å²) in [6.45, 7) is 14.3. The smallest absolute Gasteiger partial charge is 0.341 e. The summed E-state index contributed by atoms with van der Waals surface area (Å²) in [5, 5.41) is 0. The molecule has 0 aromatic carbocycles. The van der Waals surface area contributed by atoms with Crippen LogP contribution < -0.4 is 0 Å². The molecule has 0 spiro atoms. The monoisotopic (exact) mass is 869 g/mol. The number of carbonyl (C=O) groups is 3. The van der Waals surface area contributed by atoms with E-state index in [9.17, 15) is 14.4 Å². The van der Waals surface area contributed by atoms with Gasteiger partial charge in [-0.1, -0.05) is 44.7 Å². The fourth-order valence-electron chi connectivity index (χ4n) is 8.62. The van der Waals surface area contributed by atoms with Crippen molar-refractivity contribution in [2.75, 3.05) is 0 Å². The Bertz CT molecular complexity index is 2980. The molecule has 0 saturated carbocycles. The second kappa shape index (κ2) is 19.5. The summed E-state index contributed by atoms with van der Waals surface area (Å²) in [4.78, 5) is 72.6. The number of hydrogen-bond acceptors (Lipinski definition) is 11. The van der Waals surface area contributed by atoms with Crippen LogP contribution in [-0.4, -0.2) is 52.8 Å². The number of nitrogens with zero attached hydrogens (tertiary/aromatic N) is 5. The van der Waals surface area contributed by atoms with Crippen LogP contribution in [-0.2, 0) is 61.3 Å². The zero-order valence-electron chi connectivity index (χ0n) is 37.2. The van der Waals surface area contributed by atoms with Crippen LogP contribution in [0.3, 0.4) is 0 Å². The molecule has 2 N–H and O–H groups in total. The van der Waals surface area contributed by atoms with Gasteiger partial charge in [0.15, 0.2) is 0 Å². The number of nitrogens with one attached hydrogen (secondary N) is 2. The van der Waals surface area contributed by atoms with E-state index >= 15 is 0 Å². The highest BCUT2D eigenvalue weighted by Crippen LogP contribution is 2.44. The van der Waals surface area contributed by atoms with Gasteiger partial charge in [-0.15, -0.1) is 0 Å². The number of aromatic amines is 2. The van der Waals surface area contributed by atoms with E-state index < -0.39 is 23.8 Å². The summed E-state index contributed by atoms with van der Waals surface area (Å²) in [5.41, 5.74) is 13.0. The molecule has 0 aliphatic carbocycles. The number of allylic oxidation sites excluding steroid dienone is 1. The fourth-order valence-corrected chi connectivity index (χ4v) is 8.62. The van der Waals surface area contributed by atoms with Gasteiger partial charge in [-0.3, -0.25) is 29.5 Å². The van der Waals surface area contributed by atoms with Crippen molar-refractivity contribution in [2.24, 2.45) is 0 Å². The molecule has 6 aromatic heterocycles. The molecular formula is C52H51N7O6. The number of hydrogen-bond donors (Lipinski definition) is 2. The minimum absolute atomic E-state index is 0.0158. The van der Waals surface area contributed by atoms with Crippen molar-refractivity contribution in [3.63, 3.8) is 0 Å². The van der Waals surface area contributed by atoms with Gasteiger partial charge in [0.2, 0.25) is 0 Å². The minimum atomic E-state index is -0.621. The first-order chi connectivity index (χ1) is 31.5. The molecule has 0 saturated heterocycles. The lowest BCUT2D eigenvalue weighted by atomic mass is 9.84. The van der Waals surface area contributed by atoms with Crippen molar-refractivity contribution in [1.29, 1.82) is 0 Å². The number of rotatable bonds is 14. The molecule has 0 amide bonds. The van der Waals surface area contributed by atoms with E-state index in [2.05, 4.69) is 58.3 Å². The highest BCUT2D eigenvalue weighted by molar-refractivity contribution is 6.25. The Hall–Kier alpha value is -7.54. The predicted molar refractivity (Wildman–Crippen MR) is 249 cm³/mol. The third kappa shape index (κ3) is 9.54. The molecule has 0 unspecified atom stereocenters. The van der Waals surface area contributed by atoms with Crippen molar-refractivity contribution >= 4 is 57.2 Å². The normalized spacial score (nSPS) is 14.5. The molecule has 2 atom stereocenters. The van der Waals surface area contributed by atoms with E-state index in [0.717, 1.165) is 62.0 Å². The molecule has 2 aliphatic rings. The van der Waals surface area contributed by atoms with Gasteiger partial charge in [0.05, 0.1) is 29.1 Å². The average Bonchev–Trinajstić information content (AvgIpc) is 4.01. The van der Waals surface area contributed by atoms with Gasteiger partial charge in [0.25, 0.3) is 0 Å². The topological polar surface area (TPSA) is 175 Å². The summed E-state index contributed by atoms with van der Waals surface area (Å²) >= 11 is 0.